The second-order valence-corrected chi connectivity index (χ2v) is 17.5. The summed E-state index contributed by atoms with van der Waals surface area (Å²) in [6.07, 6.45) is 0. The zero-order valence-electron chi connectivity index (χ0n) is 37.2. The molecule has 0 fully saturated rings. The molecule has 0 aromatic heterocycles. The van der Waals surface area contributed by atoms with Crippen molar-refractivity contribution in [1.82, 2.24) is 0 Å². The first-order valence-corrected chi connectivity index (χ1v) is 23.2. The maximum Gasteiger partial charge on any atom is 0.0724 e. The van der Waals surface area contributed by atoms with Crippen LogP contribution in [-0.4, -0.2) is 0 Å². The quantitative estimate of drug-likeness (QED) is 0.151. The minimum Gasteiger partial charge on any atom is -0.310 e. The summed E-state index contributed by atoms with van der Waals surface area (Å²) in [5.74, 6) is 0. The van der Waals surface area contributed by atoms with Crippen LogP contribution in [0.5, 0.6) is 0 Å². The number of benzene rings is 12. The summed E-state index contributed by atoms with van der Waals surface area (Å²) in [7, 11) is 0. The van der Waals surface area contributed by atoms with Crippen LogP contribution in [0.1, 0.15) is 0 Å². The van der Waals surface area contributed by atoms with Crippen molar-refractivity contribution in [3.63, 3.8) is 0 Å². The Kier molecular flexibility index (Phi) is 9.47. The summed E-state index contributed by atoms with van der Waals surface area (Å²) in [5, 5.41) is 9.62. The zero-order chi connectivity index (χ0) is 45.0. The Morgan fingerprint density at radius 3 is 0.765 bits per heavy atom. The van der Waals surface area contributed by atoms with E-state index in [1.165, 1.54) is 43.1 Å². The minimum absolute atomic E-state index is 1.05. The Balaban J connectivity index is 1.05. The van der Waals surface area contributed by atoms with Gasteiger partial charge >= 0.3 is 0 Å². The highest BCUT2D eigenvalue weighted by molar-refractivity contribution is 6.05. The van der Waals surface area contributed by atoms with Gasteiger partial charge in [0, 0.05) is 45.5 Å². The second-order valence-electron chi connectivity index (χ2n) is 17.5. The molecule has 12 aromatic rings. The van der Waals surface area contributed by atoms with Gasteiger partial charge in [-0.05, 0) is 152 Å². The average Bonchev–Trinajstić information content (AvgIpc) is 3.40. The van der Waals surface area contributed by atoms with E-state index in [9.17, 15) is 0 Å². The fourth-order valence-electron chi connectivity index (χ4n) is 10.2. The number of hydrogen-bond donors (Lipinski definition) is 0. The van der Waals surface area contributed by atoms with Crippen LogP contribution in [0.25, 0.3) is 43.1 Å². The maximum atomic E-state index is 2.45. The van der Waals surface area contributed by atoms with Crippen molar-refractivity contribution in [2.24, 2.45) is 0 Å². The molecule has 13 rings (SSSR count). The fourth-order valence-corrected chi connectivity index (χ4v) is 10.2. The van der Waals surface area contributed by atoms with Crippen LogP contribution in [-0.2, 0) is 0 Å². The molecule has 0 bridgehead atoms. The lowest BCUT2D eigenvalue weighted by molar-refractivity contribution is 1.16. The first-order valence-electron chi connectivity index (χ1n) is 23.2. The van der Waals surface area contributed by atoms with Crippen LogP contribution >= 0.6 is 0 Å². The van der Waals surface area contributed by atoms with Crippen LogP contribution in [0.2, 0.25) is 0 Å². The van der Waals surface area contributed by atoms with Gasteiger partial charge in [0.25, 0.3) is 0 Å². The Hall–Kier alpha value is -9.12. The molecule has 0 spiro atoms. The van der Waals surface area contributed by atoms with E-state index in [0.717, 1.165) is 68.2 Å². The third kappa shape index (κ3) is 6.86. The van der Waals surface area contributed by atoms with E-state index in [2.05, 4.69) is 287 Å². The summed E-state index contributed by atoms with van der Waals surface area (Å²) in [6.45, 7) is 0. The molecule has 4 nitrogen and oxygen atoms in total. The lowest BCUT2D eigenvalue weighted by Gasteiger charge is -2.41. The van der Waals surface area contributed by atoms with Crippen molar-refractivity contribution in [3.05, 3.63) is 267 Å². The van der Waals surface area contributed by atoms with Crippen molar-refractivity contribution in [2.75, 3.05) is 19.6 Å². The Morgan fingerprint density at radius 2 is 0.441 bits per heavy atom. The fraction of sp³-hybridized carbons (Fsp3) is 0. The average molecular weight is 869 g/mol. The molecule has 0 radical (unpaired) electrons. The molecule has 12 aromatic carbocycles. The molecule has 320 valence electrons. The molecular weight excluding hydrogens is 825 g/mol. The Labute approximate surface area is 396 Å². The number of para-hydroxylation sites is 2. The van der Waals surface area contributed by atoms with Gasteiger partial charge in [0.15, 0.2) is 0 Å². The molecule has 68 heavy (non-hydrogen) atoms. The molecule has 0 amide bonds. The van der Waals surface area contributed by atoms with E-state index in [4.69, 9.17) is 0 Å². The smallest absolute Gasteiger partial charge is 0.0724 e. The molecule has 0 unspecified atom stereocenters. The van der Waals surface area contributed by atoms with E-state index in [-0.39, 0.29) is 0 Å². The van der Waals surface area contributed by atoms with Gasteiger partial charge < -0.3 is 19.6 Å². The van der Waals surface area contributed by atoms with Gasteiger partial charge in [0.05, 0.1) is 22.7 Å². The van der Waals surface area contributed by atoms with Crippen molar-refractivity contribution in [3.8, 4) is 0 Å². The van der Waals surface area contributed by atoms with Gasteiger partial charge in [-0.25, -0.2) is 0 Å². The number of hydrogen-bond acceptors (Lipinski definition) is 4. The van der Waals surface area contributed by atoms with Crippen LogP contribution in [0.3, 0.4) is 0 Å². The van der Waals surface area contributed by atoms with E-state index < -0.39 is 0 Å². The van der Waals surface area contributed by atoms with Crippen molar-refractivity contribution in [1.29, 1.82) is 0 Å². The number of nitrogens with zero attached hydrogens (tertiary/aromatic N) is 4. The largest absolute Gasteiger partial charge is 0.310 e. The molecule has 0 N–H and O–H groups in total. The van der Waals surface area contributed by atoms with Crippen molar-refractivity contribution < 1.29 is 0 Å². The van der Waals surface area contributed by atoms with Gasteiger partial charge in [0.2, 0.25) is 0 Å². The molecule has 0 aliphatic carbocycles. The monoisotopic (exact) mass is 868 g/mol. The highest BCUT2D eigenvalue weighted by atomic mass is 15.3. The summed E-state index contributed by atoms with van der Waals surface area (Å²) < 4.78 is 0. The van der Waals surface area contributed by atoms with E-state index in [1.807, 2.05) is 0 Å². The highest BCUT2D eigenvalue weighted by Gasteiger charge is 2.33. The molecule has 1 heterocycles. The Bertz CT molecular complexity index is 3470. The van der Waals surface area contributed by atoms with Crippen LogP contribution in [0.4, 0.5) is 68.2 Å². The molecular formula is C64H44N4. The standard InChI is InChI=1S/C64H44N4/c1-3-23-53(24-4-1)67-61-37-35-59(65(55-31-27-45-15-7-11-19-49(45)39-55)56-32-28-46-16-8-12-20-50(46)40-56)43-63(61)68(54-25-5-2-6-26-54)64-44-60(36-38-62(64)67)66(57-33-29-47-17-9-13-21-51(47)41-57)58-34-30-48-18-10-14-22-52(48)42-58/h1-44H. The maximum absolute atomic E-state index is 2.45. The van der Waals surface area contributed by atoms with Crippen molar-refractivity contribution in [2.45, 2.75) is 0 Å². The summed E-state index contributed by atoms with van der Waals surface area (Å²) in [4.78, 5) is 9.68. The third-order valence-corrected chi connectivity index (χ3v) is 13.4. The molecule has 1 aliphatic heterocycles. The first-order chi connectivity index (χ1) is 33.7. The first kappa shape index (κ1) is 39.3. The van der Waals surface area contributed by atoms with E-state index in [1.54, 1.807) is 0 Å². The molecule has 1 aliphatic rings. The van der Waals surface area contributed by atoms with Crippen LogP contribution in [0.15, 0.2) is 267 Å². The predicted molar refractivity (Wildman–Crippen MR) is 289 cm³/mol. The summed E-state index contributed by atoms with van der Waals surface area (Å²) >= 11 is 0. The van der Waals surface area contributed by atoms with Crippen LogP contribution < -0.4 is 19.6 Å². The molecule has 0 saturated heterocycles. The molecule has 4 heteroatoms. The predicted octanol–water partition coefficient (Wildman–Crippen LogP) is 18.5. The number of fused-ring (bicyclic) bond motifs is 6. The highest BCUT2D eigenvalue weighted by Crippen LogP contribution is 2.57. The van der Waals surface area contributed by atoms with Crippen molar-refractivity contribution >= 4 is 111 Å². The second kappa shape index (κ2) is 16.4. The molecule has 0 saturated carbocycles. The van der Waals surface area contributed by atoms with Gasteiger partial charge in [-0.1, -0.05) is 158 Å². The summed E-state index contributed by atoms with van der Waals surface area (Å²) in [5.41, 5.74) is 12.9. The third-order valence-electron chi connectivity index (χ3n) is 13.4. The lowest BCUT2D eigenvalue weighted by Crippen LogP contribution is -2.25. The zero-order valence-corrected chi connectivity index (χ0v) is 37.2. The minimum atomic E-state index is 1.05. The van der Waals surface area contributed by atoms with Gasteiger partial charge in [-0.3, -0.25) is 0 Å². The lowest BCUT2D eigenvalue weighted by atomic mass is 10.0. The summed E-state index contributed by atoms with van der Waals surface area (Å²) in [6, 6.07) is 97.1. The number of rotatable bonds is 8. The van der Waals surface area contributed by atoms with Gasteiger partial charge in [-0.15, -0.1) is 0 Å². The van der Waals surface area contributed by atoms with Gasteiger partial charge in [-0.2, -0.15) is 0 Å². The Morgan fingerprint density at radius 1 is 0.191 bits per heavy atom. The molecule has 0 atom stereocenters. The van der Waals surface area contributed by atoms with Gasteiger partial charge in [0.1, 0.15) is 0 Å². The van der Waals surface area contributed by atoms with E-state index in [0.29, 0.717) is 0 Å². The number of anilines is 12. The SMILES string of the molecule is c1ccc(N2c3ccc(N(c4ccc5ccccc5c4)c4ccc5ccccc5c4)cc3N(c3ccccc3)c3cc(N(c4ccc5ccccc5c4)c4ccc5ccccc5c4)ccc32)cc1. The van der Waals surface area contributed by atoms with Crippen LogP contribution in [0, 0.1) is 0 Å². The van der Waals surface area contributed by atoms with E-state index >= 15 is 0 Å². The normalized spacial score (nSPS) is 12.1. The topological polar surface area (TPSA) is 13.0 Å².